The third-order valence-corrected chi connectivity index (χ3v) is 1.59. The SMILES string of the molecule is NCN(NC(N)=S)c1ccccc1. The van der Waals surface area contributed by atoms with Gasteiger partial charge in [-0.3, -0.25) is 10.4 Å². The highest BCUT2D eigenvalue weighted by molar-refractivity contribution is 7.80. The largest absolute Gasteiger partial charge is 0.375 e. The number of nitrogens with zero attached hydrogens (tertiary/aromatic N) is 1. The van der Waals surface area contributed by atoms with Crippen molar-refractivity contribution >= 4 is 23.0 Å². The second-order valence-electron chi connectivity index (χ2n) is 2.42. The van der Waals surface area contributed by atoms with E-state index in [-0.39, 0.29) is 5.11 Å². The van der Waals surface area contributed by atoms with Crippen LogP contribution in [0.5, 0.6) is 0 Å². The van der Waals surface area contributed by atoms with E-state index >= 15 is 0 Å². The lowest BCUT2D eigenvalue weighted by molar-refractivity contribution is 0.779. The van der Waals surface area contributed by atoms with Crippen molar-refractivity contribution < 1.29 is 0 Å². The maximum Gasteiger partial charge on any atom is 0.182 e. The molecule has 1 aromatic carbocycles. The summed E-state index contributed by atoms with van der Waals surface area (Å²) in [6, 6.07) is 9.59. The van der Waals surface area contributed by atoms with Crippen LogP contribution < -0.4 is 21.9 Å². The highest BCUT2D eigenvalue weighted by Gasteiger charge is 2.02. The van der Waals surface area contributed by atoms with Gasteiger partial charge in [-0.2, -0.15) is 0 Å². The van der Waals surface area contributed by atoms with Crippen LogP contribution in [-0.2, 0) is 0 Å². The molecule has 0 amide bonds. The Labute approximate surface area is 82.5 Å². The minimum atomic E-state index is 0.203. The normalized spacial score (nSPS) is 9.31. The predicted octanol–water partition coefficient (Wildman–Crippen LogP) is 0.157. The van der Waals surface area contributed by atoms with Crippen LogP contribution in [-0.4, -0.2) is 11.8 Å². The summed E-state index contributed by atoms with van der Waals surface area (Å²) in [4.78, 5) is 0. The summed E-state index contributed by atoms with van der Waals surface area (Å²) < 4.78 is 0. The Morgan fingerprint density at radius 2 is 2.00 bits per heavy atom. The predicted molar refractivity (Wildman–Crippen MR) is 57.9 cm³/mol. The van der Waals surface area contributed by atoms with Gasteiger partial charge in [0.2, 0.25) is 0 Å². The van der Waals surface area contributed by atoms with Crippen LogP contribution >= 0.6 is 12.2 Å². The highest BCUT2D eigenvalue weighted by Crippen LogP contribution is 2.08. The molecule has 4 nitrogen and oxygen atoms in total. The van der Waals surface area contributed by atoms with Gasteiger partial charge in [0.05, 0.1) is 12.4 Å². The lowest BCUT2D eigenvalue weighted by Crippen LogP contribution is -2.47. The molecule has 0 bridgehead atoms. The Morgan fingerprint density at radius 3 is 2.46 bits per heavy atom. The molecule has 0 aromatic heterocycles. The first kappa shape index (κ1) is 9.76. The molecule has 0 aliphatic rings. The Balaban J connectivity index is 2.73. The molecule has 70 valence electrons. The van der Waals surface area contributed by atoms with Gasteiger partial charge < -0.3 is 11.5 Å². The second kappa shape index (κ2) is 4.64. The van der Waals surface area contributed by atoms with Crippen molar-refractivity contribution in [2.75, 3.05) is 11.7 Å². The maximum absolute atomic E-state index is 5.50. The molecule has 0 atom stereocenters. The van der Waals surface area contributed by atoms with Crippen LogP contribution in [0.25, 0.3) is 0 Å². The summed E-state index contributed by atoms with van der Waals surface area (Å²) in [6.07, 6.45) is 0. The molecule has 5 N–H and O–H groups in total. The van der Waals surface area contributed by atoms with Gasteiger partial charge in [-0.15, -0.1) is 0 Å². The maximum atomic E-state index is 5.50. The first-order chi connectivity index (χ1) is 6.24. The van der Waals surface area contributed by atoms with Crippen LogP contribution in [0.15, 0.2) is 30.3 Å². The number of anilines is 1. The molecule has 0 radical (unpaired) electrons. The fraction of sp³-hybridized carbons (Fsp3) is 0.125. The summed E-state index contributed by atoms with van der Waals surface area (Å²) in [5.74, 6) is 0. The Morgan fingerprint density at radius 1 is 1.38 bits per heavy atom. The van der Waals surface area contributed by atoms with Gasteiger partial charge in [-0.25, -0.2) is 0 Å². The number of nitrogens with two attached hydrogens (primary N) is 2. The molecule has 0 spiro atoms. The zero-order chi connectivity index (χ0) is 9.68. The van der Waals surface area contributed by atoms with E-state index in [0.29, 0.717) is 6.67 Å². The molecule has 1 rings (SSSR count). The van der Waals surface area contributed by atoms with Gasteiger partial charge >= 0.3 is 0 Å². The smallest absolute Gasteiger partial charge is 0.182 e. The third kappa shape index (κ3) is 2.89. The Hall–Kier alpha value is -1.33. The van der Waals surface area contributed by atoms with Crippen molar-refractivity contribution in [1.29, 1.82) is 0 Å². The molecule has 0 unspecified atom stereocenters. The number of thiocarbonyl (C=S) groups is 1. The Bertz CT molecular complexity index is 275. The first-order valence-corrected chi connectivity index (χ1v) is 4.23. The van der Waals surface area contributed by atoms with Crippen molar-refractivity contribution in [3.63, 3.8) is 0 Å². The number of hydrogen-bond acceptors (Lipinski definition) is 3. The van der Waals surface area contributed by atoms with Crippen molar-refractivity contribution in [3.05, 3.63) is 30.3 Å². The van der Waals surface area contributed by atoms with Crippen molar-refractivity contribution in [3.8, 4) is 0 Å². The average Bonchev–Trinajstić information content (AvgIpc) is 2.15. The van der Waals surface area contributed by atoms with E-state index in [2.05, 4.69) is 5.43 Å². The number of para-hydroxylation sites is 1. The van der Waals surface area contributed by atoms with Gasteiger partial charge in [-0.05, 0) is 24.4 Å². The van der Waals surface area contributed by atoms with E-state index in [1.807, 2.05) is 30.3 Å². The minimum absolute atomic E-state index is 0.203. The standard InChI is InChI=1S/C8H12N4S/c9-6-12(11-8(10)13)7-4-2-1-3-5-7/h1-5H,6,9H2,(H3,10,11,13). The van der Waals surface area contributed by atoms with Gasteiger partial charge in [0.25, 0.3) is 0 Å². The van der Waals surface area contributed by atoms with Gasteiger partial charge in [0.1, 0.15) is 0 Å². The van der Waals surface area contributed by atoms with Gasteiger partial charge in [0.15, 0.2) is 5.11 Å². The summed E-state index contributed by atoms with van der Waals surface area (Å²) in [6.45, 7) is 0.307. The van der Waals surface area contributed by atoms with E-state index in [4.69, 9.17) is 23.7 Å². The topological polar surface area (TPSA) is 67.3 Å². The van der Waals surface area contributed by atoms with E-state index < -0.39 is 0 Å². The van der Waals surface area contributed by atoms with Gasteiger partial charge in [0, 0.05) is 0 Å². The zero-order valence-corrected chi connectivity index (χ0v) is 7.92. The molecule has 0 saturated carbocycles. The molecule has 0 saturated heterocycles. The highest BCUT2D eigenvalue weighted by atomic mass is 32.1. The molecule has 0 aliphatic heterocycles. The van der Waals surface area contributed by atoms with E-state index in [1.165, 1.54) is 0 Å². The van der Waals surface area contributed by atoms with Crippen LogP contribution in [0, 0.1) is 0 Å². The monoisotopic (exact) mass is 196 g/mol. The Kier molecular flexibility index (Phi) is 3.48. The van der Waals surface area contributed by atoms with Crippen LogP contribution in [0.1, 0.15) is 0 Å². The second-order valence-corrected chi connectivity index (χ2v) is 2.86. The number of rotatable bonds is 3. The molecular formula is C8H12N4S. The zero-order valence-electron chi connectivity index (χ0n) is 7.10. The summed E-state index contributed by atoms with van der Waals surface area (Å²) >= 11 is 4.71. The first-order valence-electron chi connectivity index (χ1n) is 3.83. The summed E-state index contributed by atoms with van der Waals surface area (Å²) in [5.41, 5.74) is 14.5. The van der Waals surface area contributed by atoms with Gasteiger partial charge in [-0.1, -0.05) is 18.2 Å². The van der Waals surface area contributed by atoms with Crippen LogP contribution in [0.3, 0.4) is 0 Å². The fourth-order valence-corrected chi connectivity index (χ4v) is 1.07. The van der Waals surface area contributed by atoms with E-state index in [9.17, 15) is 0 Å². The van der Waals surface area contributed by atoms with Crippen molar-refractivity contribution in [2.24, 2.45) is 11.5 Å². The number of hydrogen-bond donors (Lipinski definition) is 3. The quantitative estimate of drug-likeness (QED) is 0.365. The molecule has 13 heavy (non-hydrogen) atoms. The molecule has 0 fully saturated rings. The van der Waals surface area contributed by atoms with Crippen molar-refractivity contribution in [1.82, 2.24) is 5.43 Å². The van der Waals surface area contributed by atoms with Crippen LogP contribution in [0.2, 0.25) is 0 Å². The van der Waals surface area contributed by atoms with Crippen LogP contribution in [0.4, 0.5) is 5.69 Å². The molecular weight excluding hydrogens is 184 g/mol. The van der Waals surface area contributed by atoms with E-state index in [0.717, 1.165) is 5.69 Å². The molecule has 1 aromatic rings. The van der Waals surface area contributed by atoms with E-state index in [1.54, 1.807) is 5.01 Å². The molecule has 0 aliphatic carbocycles. The third-order valence-electron chi connectivity index (χ3n) is 1.50. The number of nitrogens with one attached hydrogen (secondary N) is 1. The summed E-state index contributed by atoms with van der Waals surface area (Å²) in [7, 11) is 0. The molecule has 5 heteroatoms. The van der Waals surface area contributed by atoms with Crippen molar-refractivity contribution in [2.45, 2.75) is 0 Å². The lowest BCUT2D eigenvalue weighted by atomic mass is 10.3. The fourth-order valence-electron chi connectivity index (χ4n) is 0.957. The number of hydrazine groups is 1. The number of benzene rings is 1. The molecule has 0 heterocycles. The minimum Gasteiger partial charge on any atom is -0.375 e. The summed E-state index contributed by atoms with van der Waals surface area (Å²) in [5, 5.41) is 1.87. The average molecular weight is 196 g/mol. The lowest BCUT2D eigenvalue weighted by Gasteiger charge is -2.23.